The molecule has 0 saturated heterocycles. The van der Waals surface area contributed by atoms with Crippen molar-refractivity contribution >= 4 is 10.8 Å². The molecule has 0 amide bonds. The number of fused-ring (bicyclic) bond motifs is 1. The fourth-order valence-corrected chi connectivity index (χ4v) is 2.97. The molecule has 112 valence electrons. The predicted octanol–water partition coefficient (Wildman–Crippen LogP) is 6.03. The van der Waals surface area contributed by atoms with Gasteiger partial charge < -0.3 is 0 Å². The number of rotatable bonds is 3. The molecule has 0 aliphatic carbocycles. The van der Waals surface area contributed by atoms with Crippen molar-refractivity contribution in [2.75, 3.05) is 0 Å². The van der Waals surface area contributed by atoms with Gasteiger partial charge in [-0.3, -0.25) is 4.98 Å². The Hall–Kier alpha value is -2.15. The molecule has 1 heteroatoms. The number of nitrogens with zero attached hydrogens (tertiary/aromatic N) is 1. The first-order valence-electron chi connectivity index (χ1n) is 8.07. The lowest BCUT2D eigenvalue weighted by Gasteiger charge is -2.18. The maximum Gasteiger partial charge on any atom is 0.0713 e. The Morgan fingerprint density at radius 1 is 1.00 bits per heavy atom. The van der Waals surface area contributed by atoms with Crippen LogP contribution in [0.1, 0.15) is 42.9 Å². The van der Waals surface area contributed by atoms with Crippen molar-refractivity contribution in [1.29, 1.82) is 0 Å². The van der Waals surface area contributed by atoms with E-state index in [1.54, 1.807) is 0 Å². The molecule has 0 spiro atoms. The van der Waals surface area contributed by atoms with Crippen LogP contribution in [0.3, 0.4) is 0 Å². The second-order valence-electron chi connectivity index (χ2n) is 6.21. The second kappa shape index (κ2) is 5.92. The molecule has 1 unspecified atom stereocenters. The maximum atomic E-state index is 4.74. The zero-order chi connectivity index (χ0) is 15.7. The van der Waals surface area contributed by atoms with Crippen molar-refractivity contribution in [2.45, 2.75) is 40.0 Å². The topological polar surface area (TPSA) is 12.9 Å². The van der Waals surface area contributed by atoms with Crippen molar-refractivity contribution in [3.63, 3.8) is 0 Å². The smallest absolute Gasteiger partial charge is 0.0713 e. The summed E-state index contributed by atoms with van der Waals surface area (Å²) in [7, 11) is 0. The third-order valence-corrected chi connectivity index (χ3v) is 4.73. The van der Waals surface area contributed by atoms with Crippen LogP contribution in [0, 0.1) is 13.8 Å². The van der Waals surface area contributed by atoms with Crippen LogP contribution in [0.15, 0.2) is 48.7 Å². The van der Waals surface area contributed by atoms with Crippen LogP contribution in [0.4, 0.5) is 0 Å². The van der Waals surface area contributed by atoms with Crippen molar-refractivity contribution < 1.29 is 0 Å². The van der Waals surface area contributed by atoms with Gasteiger partial charge in [-0.2, -0.15) is 0 Å². The Kier molecular flexibility index (Phi) is 3.98. The Bertz CT molecular complexity index is 817. The fraction of sp³-hybridized carbons (Fsp3) is 0.286. The van der Waals surface area contributed by atoms with Gasteiger partial charge in [-0.1, -0.05) is 50.2 Å². The normalized spacial score (nSPS) is 12.5. The molecule has 22 heavy (non-hydrogen) atoms. The number of hydrogen-bond acceptors (Lipinski definition) is 1. The number of hydrogen-bond donors (Lipinski definition) is 0. The summed E-state index contributed by atoms with van der Waals surface area (Å²) >= 11 is 0. The van der Waals surface area contributed by atoms with Gasteiger partial charge in [0, 0.05) is 11.8 Å². The van der Waals surface area contributed by atoms with Crippen molar-refractivity contribution in [3.8, 4) is 11.3 Å². The van der Waals surface area contributed by atoms with E-state index in [1.807, 2.05) is 6.20 Å². The molecule has 0 bridgehead atoms. The second-order valence-corrected chi connectivity index (χ2v) is 6.21. The van der Waals surface area contributed by atoms with Crippen LogP contribution in [0.2, 0.25) is 0 Å². The van der Waals surface area contributed by atoms with Gasteiger partial charge in [0.2, 0.25) is 0 Å². The molecule has 1 aromatic heterocycles. The average Bonchev–Trinajstić information content (AvgIpc) is 2.55. The van der Waals surface area contributed by atoms with Gasteiger partial charge in [-0.25, -0.2) is 0 Å². The minimum atomic E-state index is 0.531. The fourth-order valence-electron chi connectivity index (χ4n) is 2.97. The molecular weight excluding hydrogens is 266 g/mol. The van der Waals surface area contributed by atoms with Gasteiger partial charge in [0.05, 0.1) is 5.69 Å². The molecule has 3 aromatic rings. The summed E-state index contributed by atoms with van der Waals surface area (Å²) in [6.45, 7) is 8.82. The van der Waals surface area contributed by atoms with E-state index >= 15 is 0 Å². The Morgan fingerprint density at radius 2 is 1.77 bits per heavy atom. The van der Waals surface area contributed by atoms with Gasteiger partial charge >= 0.3 is 0 Å². The Labute approximate surface area is 133 Å². The highest BCUT2D eigenvalue weighted by Crippen LogP contribution is 2.36. The van der Waals surface area contributed by atoms with Crippen molar-refractivity contribution in [3.05, 3.63) is 65.4 Å². The molecule has 1 heterocycles. The van der Waals surface area contributed by atoms with E-state index in [-0.39, 0.29) is 0 Å². The van der Waals surface area contributed by atoms with Crippen LogP contribution < -0.4 is 0 Å². The van der Waals surface area contributed by atoms with Gasteiger partial charge in [0.25, 0.3) is 0 Å². The molecule has 0 aliphatic heterocycles. The lowest BCUT2D eigenvalue weighted by atomic mass is 9.88. The van der Waals surface area contributed by atoms with Gasteiger partial charge in [0.1, 0.15) is 0 Å². The molecule has 0 radical (unpaired) electrons. The highest BCUT2D eigenvalue weighted by Gasteiger charge is 2.15. The summed E-state index contributed by atoms with van der Waals surface area (Å²) in [6, 6.07) is 15.4. The summed E-state index contributed by atoms with van der Waals surface area (Å²) < 4.78 is 0. The first-order chi connectivity index (χ1) is 10.6. The highest BCUT2D eigenvalue weighted by atomic mass is 14.7. The Balaban J connectivity index is 2.35. The zero-order valence-electron chi connectivity index (χ0n) is 13.9. The van der Waals surface area contributed by atoms with Crippen LogP contribution >= 0.6 is 0 Å². The van der Waals surface area contributed by atoms with E-state index in [0.29, 0.717) is 5.92 Å². The molecular formula is C21H23N. The molecule has 0 fully saturated rings. The summed E-state index contributed by atoms with van der Waals surface area (Å²) in [6.07, 6.45) is 3.13. The lowest BCUT2D eigenvalue weighted by molar-refractivity contribution is 0.736. The largest absolute Gasteiger partial charge is 0.256 e. The monoisotopic (exact) mass is 289 g/mol. The van der Waals surface area contributed by atoms with E-state index in [9.17, 15) is 0 Å². The molecule has 2 aromatic carbocycles. The Morgan fingerprint density at radius 3 is 2.50 bits per heavy atom. The van der Waals surface area contributed by atoms with Gasteiger partial charge in [0.15, 0.2) is 0 Å². The quantitative estimate of drug-likeness (QED) is 0.573. The third-order valence-electron chi connectivity index (χ3n) is 4.73. The summed E-state index contributed by atoms with van der Waals surface area (Å²) in [5.74, 6) is 0.531. The minimum Gasteiger partial charge on any atom is -0.256 e. The van der Waals surface area contributed by atoms with Crippen LogP contribution in [-0.2, 0) is 0 Å². The van der Waals surface area contributed by atoms with Crippen molar-refractivity contribution in [2.24, 2.45) is 0 Å². The number of aryl methyl sites for hydroxylation is 2. The number of benzene rings is 2. The van der Waals surface area contributed by atoms with E-state index in [4.69, 9.17) is 4.98 Å². The molecule has 1 nitrogen and oxygen atoms in total. The standard InChI is InChI=1S/C21H23N/c1-5-14(2)18-11-10-17-8-6-7-9-19(17)21(18)20-12-15(3)16(4)13-22-20/h6-14H,5H2,1-4H3. The minimum absolute atomic E-state index is 0.531. The summed E-state index contributed by atoms with van der Waals surface area (Å²) in [4.78, 5) is 4.74. The third kappa shape index (κ3) is 2.52. The maximum absolute atomic E-state index is 4.74. The lowest BCUT2D eigenvalue weighted by Crippen LogP contribution is -1.98. The molecule has 0 saturated carbocycles. The summed E-state index contributed by atoms with van der Waals surface area (Å²) in [5, 5.41) is 2.58. The average molecular weight is 289 g/mol. The van der Waals surface area contributed by atoms with E-state index in [1.165, 1.54) is 33.0 Å². The summed E-state index contributed by atoms with van der Waals surface area (Å²) in [5.41, 5.74) is 6.34. The van der Waals surface area contributed by atoms with Crippen LogP contribution in [-0.4, -0.2) is 4.98 Å². The first-order valence-corrected chi connectivity index (χ1v) is 8.07. The predicted molar refractivity (Wildman–Crippen MR) is 95.4 cm³/mol. The molecule has 1 atom stereocenters. The SMILES string of the molecule is CCC(C)c1ccc2ccccc2c1-c1cc(C)c(C)cn1. The van der Waals surface area contributed by atoms with E-state index < -0.39 is 0 Å². The number of pyridine rings is 1. The van der Waals surface area contributed by atoms with Gasteiger partial charge in [-0.15, -0.1) is 0 Å². The molecule has 3 rings (SSSR count). The van der Waals surface area contributed by atoms with Crippen LogP contribution in [0.25, 0.3) is 22.0 Å². The van der Waals surface area contributed by atoms with E-state index in [0.717, 1.165) is 12.1 Å². The molecule has 0 N–H and O–H groups in total. The van der Waals surface area contributed by atoms with E-state index in [2.05, 4.69) is 70.2 Å². The highest BCUT2D eigenvalue weighted by molar-refractivity contribution is 5.97. The van der Waals surface area contributed by atoms with Gasteiger partial charge in [-0.05, 0) is 59.7 Å². The number of aromatic nitrogens is 1. The zero-order valence-corrected chi connectivity index (χ0v) is 13.9. The molecule has 0 aliphatic rings. The first kappa shape index (κ1) is 14.8. The van der Waals surface area contributed by atoms with Crippen molar-refractivity contribution in [1.82, 2.24) is 4.98 Å². The van der Waals surface area contributed by atoms with Crippen LogP contribution in [0.5, 0.6) is 0 Å².